The highest BCUT2D eigenvalue weighted by atomic mass is 16.6. The van der Waals surface area contributed by atoms with Crippen LogP contribution in [0.5, 0.6) is 0 Å². The topological polar surface area (TPSA) is 78.2 Å². The number of anilines is 1. The van der Waals surface area contributed by atoms with Crippen LogP contribution in [0.4, 0.5) is 10.5 Å². The number of rotatable bonds is 2. The molecule has 1 amide bonds. The number of likely N-dealkylation sites (tertiary alicyclic amines) is 1. The van der Waals surface area contributed by atoms with Crippen molar-refractivity contribution in [1.29, 1.82) is 5.26 Å². The zero-order valence-electron chi connectivity index (χ0n) is 13.3. The monoisotopic (exact) mass is 302 g/mol. The molecule has 2 heterocycles. The van der Waals surface area contributed by atoms with E-state index in [2.05, 4.69) is 16.4 Å². The van der Waals surface area contributed by atoms with Crippen LogP contribution in [-0.2, 0) is 4.74 Å². The summed E-state index contributed by atoms with van der Waals surface area (Å²) in [6, 6.07) is 4.13. The van der Waals surface area contributed by atoms with Gasteiger partial charge in [0.15, 0.2) is 0 Å². The molecule has 1 saturated heterocycles. The first-order chi connectivity index (χ1) is 10.4. The van der Waals surface area contributed by atoms with E-state index in [4.69, 9.17) is 10.00 Å². The van der Waals surface area contributed by atoms with Crippen LogP contribution in [0.25, 0.3) is 0 Å². The lowest BCUT2D eigenvalue weighted by molar-refractivity contribution is 0.0210. The van der Waals surface area contributed by atoms with Crippen LogP contribution < -0.4 is 5.32 Å². The van der Waals surface area contributed by atoms with Crippen LogP contribution >= 0.6 is 0 Å². The summed E-state index contributed by atoms with van der Waals surface area (Å²) >= 11 is 0. The predicted octanol–water partition coefficient (Wildman–Crippen LogP) is 2.76. The Balaban J connectivity index is 1.84. The number of ether oxygens (including phenoxy) is 1. The molecule has 0 radical (unpaired) electrons. The van der Waals surface area contributed by atoms with E-state index >= 15 is 0 Å². The van der Waals surface area contributed by atoms with Crippen molar-refractivity contribution in [1.82, 2.24) is 9.88 Å². The molecule has 0 aliphatic carbocycles. The molecule has 1 aliphatic heterocycles. The number of amides is 1. The van der Waals surface area contributed by atoms with Gasteiger partial charge in [0.2, 0.25) is 0 Å². The maximum absolute atomic E-state index is 12.0. The van der Waals surface area contributed by atoms with Crippen LogP contribution in [0, 0.1) is 11.3 Å². The summed E-state index contributed by atoms with van der Waals surface area (Å²) in [5.74, 6) is 0. The van der Waals surface area contributed by atoms with Gasteiger partial charge in [-0.1, -0.05) is 0 Å². The molecular weight excluding hydrogens is 280 g/mol. The van der Waals surface area contributed by atoms with Crippen molar-refractivity contribution in [2.75, 3.05) is 18.4 Å². The van der Waals surface area contributed by atoms with Gasteiger partial charge in [-0.2, -0.15) is 5.26 Å². The number of hydrogen-bond acceptors (Lipinski definition) is 5. The largest absolute Gasteiger partial charge is 0.444 e. The number of piperidine rings is 1. The molecule has 0 saturated carbocycles. The Morgan fingerprint density at radius 3 is 2.68 bits per heavy atom. The minimum absolute atomic E-state index is 0.251. The molecule has 2 rings (SSSR count). The molecule has 0 unspecified atom stereocenters. The Morgan fingerprint density at radius 2 is 2.09 bits per heavy atom. The number of aromatic nitrogens is 1. The lowest BCUT2D eigenvalue weighted by Crippen LogP contribution is -2.44. The molecule has 0 bridgehead atoms. The first kappa shape index (κ1) is 16.1. The summed E-state index contributed by atoms with van der Waals surface area (Å²) in [6.07, 6.45) is 4.68. The third kappa shape index (κ3) is 4.62. The van der Waals surface area contributed by atoms with E-state index in [1.54, 1.807) is 17.2 Å². The third-order valence-electron chi connectivity index (χ3n) is 3.38. The average molecular weight is 302 g/mol. The van der Waals surface area contributed by atoms with Crippen LogP contribution in [0.1, 0.15) is 39.2 Å². The Kier molecular flexibility index (Phi) is 4.86. The molecule has 0 spiro atoms. The van der Waals surface area contributed by atoms with Crippen molar-refractivity contribution in [2.45, 2.75) is 45.3 Å². The molecule has 0 aromatic carbocycles. The molecule has 6 nitrogen and oxygen atoms in total. The Labute approximate surface area is 131 Å². The van der Waals surface area contributed by atoms with Gasteiger partial charge in [0.05, 0.1) is 17.4 Å². The van der Waals surface area contributed by atoms with Crippen LogP contribution in [0.15, 0.2) is 18.5 Å². The number of carbonyl (C=O) groups is 1. The van der Waals surface area contributed by atoms with Crippen molar-refractivity contribution in [2.24, 2.45) is 0 Å². The van der Waals surface area contributed by atoms with Gasteiger partial charge in [-0.3, -0.25) is 4.98 Å². The van der Waals surface area contributed by atoms with Crippen molar-refractivity contribution in [3.05, 3.63) is 24.0 Å². The van der Waals surface area contributed by atoms with Gasteiger partial charge in [0.25, 0.3) is 0 Å². The number of carbonyl (C=O) groups excluding carboxylic acids is 1. The predicted molar refractivity (Wildman–Crippen MR) is 83.4 cm³/mol. The van der Waals surface area contributed by atoms with Gasteiger partial charge in [0, 0.05) is 25.3 Å². The van der Waals surface area contributed by atoms with Gasteiger partial charge < -0.3 is 15.0 Å². The summed E-state index contributed by atoms with van der Waals surface area (Å²) in [4.78, 5) is 17.8. The zero-order valence-corrected chi connectivity index (χ0v) is 13.3. The standard InChI is InChI=1S/C16H22N4O2/c1-16(2,3)22-15(21)20-6-4-13(5-7-20)19-14-8-12(9-17)10-18-11-14/h8,10-11,13,19H,4-7H2,1-3H3. The normalized spacial score (nSPS) is 16.0. The number of hydrogen-bond donors (Lipinski definition) is 1. The molecular formula is C16H22N4O2. The van der Waals surface area contributed by atoms with Crippen LogP contribution in [0.3, 0.4) is 0 Å². The average Bonchev–Trinajstić information content (AvgIpc) is 2.46. The smallest absolute Gasteiger partial charge is 0.410 e. The van der Waals surface area contributed by atoms with Gasteiger partial charge >= 0.3 is 6.09 Å². The van der Waals surface area contributed by atoms with E-state index < -0.39 is 5.60 Å². The maximum Gasteiger partial charge on any atom is 0.410 e. The second-order valence-corrected chi connectivity index (χ2v) is 6.46. The molecule has 1 N–H and O–H groups in total. The second-order valence-electron chi connectivity index (χ2n) is 6.46. The molecule has 1 aromatic rings. The quantitative estimate of drug-likeness (QED) is 0.908. The molecule has 1 fully saturated rings. The maximum atomic E-state index is 12.0. The fraction of sp³-hybridized carbons (Fsp3) is 0.562. The summed E-state index contributed by atoms with van der Waals surface area (Å²) in [5, 5.41) is 12.3. The summed E-state index contributed by atoms with van der Waals surface area (Å²) < 4.78 is 5.38. The summed E-state index contributed by atoms with van der Waals surface area (Å²) in [5.41, 5.74) is 0.918. The van der Waals surface area contributed by atoms with Crippen molar-refractivity contribution < 1.29 is 9.53 Å². The first-order valence-corrected chi connectivity index (χ1v) is 7.47. The molecule has 22 heavy (non-hydrogen) atoms. The highest BCUT2D eigenvalue weighted by molar-refractivity contribution is 5.68. The molecule has 1 aromatic heterocycles. The van der Waals surface area contributed by atoms with Crippen LogP contribution in [0.2, 0.25) is 0 Å². The molecule has 1 aliphatic rings. The Hall–Kier alpha value is -2.29. The van der Waals surface area contributed by atoms with E-state index in [0.29, 0.717) is 18.7 Å². The Bertz CT molecular complexity index is 566. The molecule has 118 valence electrons. The lowest BCUT2D eigenvalue weighted by atomic mass is 10.1. The van der Waals surface area contributed by atoms with Gasteiger partial charge in [-0.15, -0.1) is 0 Å². The van der Waals surface area contributed by atoms with Gasteiger partial charge in [0.1, 0.15) is 11.7 Å². The fourth-order valence-corrected chi connectivity index (χ4v) is 2.35. The summed E-state index contributed by atoms with van der Waals surface area (Å²) in [7, 11) is 0. The van der Waals surface area contributed by atoms with E-state index in [1.807, 2.05) is 20.8 Å². The minimum Gasteiger partial charge on any atom is -0.444 e. The zero-order chi connectivity index (χ0) is 16.2. The fourth-order valence-electron chi connectivity index (χ4n) is 2.35. The van der Waals surface area contributed by atoms with Crippen LogP contribution in [-0.4, -0.2) is 40.7 Å². The first-order valence-electron chi connectivity index (χ1n) is 7.47. The second kappa shape index (κ2) is 6.65. The van der Waals surface area contributed by atoms with Crippen molar-refractivity contribution >= 4 is 11.8 Å². The van der Waals surface area contributed by atoms with Crippen molar-refractivity contribution in [3.63, 3.8) is 0 Å². The van der Waals surface area contributed by atoms with Gasteiger partial charge in [-0.05, 0) is 39.7 Å². The lowest BCUT2D eigenvalue weighted by Gasteiger charge is -2.34. The molecule has 6 heteroatoms. The van der Waals surface area contributed by atoms with E-state index in [9.17, 15) is 4.79 Å². The third-order valence-corrected chi connectivity index (χ3v) is 3.38. The number of pyridine rings is 1. The number of nitriles is 1. The highest BCUT2D eigenvalue weighted by Gasteiger charge is 2.26. The molecule has 0 atom stereocenters. The minimum atomic E-state index is -0.463. The van der Waals surface area contributed by atoms with Crippen molar-refractivity contribution in [3.8, 4) is 6.07 Å². The number of nitrogens with zero attached hydrogens (tertiary/aromatic N) is 3. The SMILES string of the molecule is CC(C)(C)OC(=O)N1CCC(Nc2cncc(C#N)c2)CC1. The summed E-state index contributed by atoms with van der Waals surface area (Å²) in [6.45, 7) is 6.94. The van der Waals surface area contributed by atoms with E-state index in [-0.39, 0.29) is 12.1 Å². The van der Waals surface area contributed by atoms with E-state index in [1.165, 1.54) is 6.20 Å². The Morgan fingerprint density at radius 1 is 1.41 bits per heavy atom. The van der Waals surface area contributed by atoms with E-state index in [0.717, 1.165) is 18.5 Å². The highest BCUT2D eigenvalue weighted by Crippen LogP contribution is 2.19. The van der Waals surface area contributed by atoms with Gasteiger partial charge in [-0.25, -0.2) is 4.79 Å². The number of nitrogens with one attached hydrogen (secondary N) is 1.